The van der Waals surface area contributed by atoms with Gasteiger partial charge in [-0.2, -0.15) is 0 Å². The highest BCUT2D eigenvalue weighted by atomic mass is 35.5. The lowest BCUT2D eigenvalue weighted by molar-refractivity contribution is 0.151. The third-order valence-corrected chi connectivity index (χ3v) is 3.78. The minimum atomic E-state index is -0.217. The van der Waals surface area contributed by atoms with Crippen molar-refractivity contribution in [3.05, 3.63) is 34.6 Å². The summed E-state index contributed by atoms with van der Waals surface area (Å²) in [7, 11) is 0. The minimum Gasteiger partial charge on any atom is -0.396 e. The molecule has 0 aromatic heterocycles. The Morgan fingerprint density at radius 1 is 1.37 bits per heavy atom. The largest absolute Gasteiger partial charge is 0.396 e. The van der Waals surface area contributed by atoms with Crippen LogP contribution in [-0.4, -0.2) is 42.8 Å². The Labute approximate surface area is 118 Å². The second kappa shape index (κ2) is 7.20. The van der Waals surface area contributed by atoms with Gasteiger partial charge in [0.2, 0.25) is 0 Å². The predicted molar refractivity (Wildman–Crippen MR) is 74.9 cm³/mol. The molecule has 2 N–H and O–H groups in total. The number of halogens is 2. The highest BCUT2D eigenvalue weighted by Gasteiger charge is 2.24. The fourth-order valence-electron chi connectivity index (χ4n) is 2.58. The quantitative estimate of drug-likeness (QED) is 0.871. The van der Waals surface area contributed by atoms with Gasteiger partial charge in [-0.15, -0.1) is 0 Å². The molecule has 3 nitrogen and oxygen atoms in total. The average molecular weight is 287 g/mol. The monoisotopic (exact) mass is 286 g/mol. The van der Waals surface area contributed by atoms with Crippen molar-refractivity contribution in [2.45, 2.75) is 18.9 Å². The molecule has 1 heterocycles. The minimum absolute atomic E-state index is 0.00653. The van der Waals surface area contributed by atoms with Crippen molar-refractivity contribution in [1.82, 2.24) is 10.2 Å². The van der Waals surface area contributed by atoms with Crippen LogP contribution in [0.15, 0.2) is 18.2 Å². The van der Waals surface area contributed by atoms with Crippen LogP contribution >= 0.6 is 11.6 Å². The zero-order valence-corrected chi connectivity index (χ0v) is 11.7. The first-order valence-corrected chi connectivity index (χ1v) is 7.10. The number of aliphatic hydroxyl groups excluding tert-OH is 1. The summed E-state index contributed by atoms with van der Waals surface area (Å²) in [4.78, 5) is 2.26. The molecule has 1 atom stereocenters. The number of rotatable bonds is 5. The number of hydrogen-bond donors (Lipinski definition) is 2. The fourth-order valence-corrected chi connectivity index (χ4v) is 2.76. The smallest absolute Gasteiger partial charge is 0.128 e. The number of benzene rings is 1. The fraction of sp³-hybridized carbons (Fsp3) is 0.571. The summed E-state index contributed by atoms with van der Waals surface area (Å²) in [6.07, 6.45) is 1.41. The molecule has 1 saturated heterocycles. The first kappa shape index (κ1) is 14.7. The van der Waals surface area contributed by atoms with Crippen LogP contribution in [0.2, 0.25) is 5.02 Å². The maximum Gasteiger partial charge on any atom is 0.128 e. The number of aliphatic hydroxyl groups is 1. The highest BCUT2D eigenvalue weighted by molar-refractivity contribution is 6.30. The standard InChI is InChI=1S/C14H20ClFN2O/c15-11-3-4-13(16)12(10-11)14(2-1-9-19)18-7-5-17-6-8-18/h3-4,10,14,17,19H,1-2,5-9H2/t14-/m1/s1. The molecule has 0 saturated carbocycles. The van der Waals surface area contributed by atoms with E-state index in [0.29, 0.717) is 17.0 Å². The van der Waals surface area contributed by atoms with Gasteiger partial charge >= 0.3 is 0 Å². The van der Waals surface area contributed by atoms with Gasteiger partial charge in [0, 0.05) is 49.4 Å². The van der Waals surface area contributed by atoms with Crippen molar-refractivity contribution in [2.24, 2.45) is 0 Å². The van der Waals surface area contributed by atoms with E-state index in [1.807, 2.05) is 0 Å². The highest BCUT2D eigenvalue weighted by Crippen LogP contribution is 2.30. The molecule has 106 valence electrons. The van der Waals surface area contributed by atoms with Crippen LogP contribution in [0.5, 0.6) is 0 Å². The molecular formula is C14H20ClFN2O. The molecule has 1 aromatic rings. The summed E-state index contributed by atoms with van der Waals surface area (Å²) in [5.41, 5.74) is 0.642. The summed E-state index contributed by atoms with van der Waals surface area (Å²) in [5, 5.41) is 12.9. The molecule has 0 radical (unpaired) electrons. The number of hydrogen-bond acceptors (Lipinski definition) is 3. The molecule has 19 heavy (non-hydrogen) atoms. The van der Waals surface area contributed by atoms with Crippen molar-refractivity contribution in [3.63, 3.8) is 0 Å². The van der Waals surface area contributed by atoms with Crippen LogP contribution in [-0.2, 0) is 0 Å². The second-order valence-corrected chi connectivity index (χ2v) is 5.27. The van der Waals surface area contributed by atoms with E-state index in [9.17, 15) is 4.39 Å². The molecule has 0 unspecified atom stereocenters. The molecule has 1 aromatic carbocycles. The van der Waals surface area contributed by atoms with E-state index in [-0.39, 0.29) is 18.5 Å². The third-order valence-electron chi connectivity index (χ3n) is 3.55. The summed E-state index contributed by atoms with van der Waals surface area (Å²) >= 11 is 5.99. The van der Waals surface area contributed by atoms with E-state index in [1.54, 1.807) is 12.1 Å². The maximum atomic E-state index is 14.0. The zero-order chi connectivity index (χ0) is 13.7. The summed E-state index contributed by atoms with van der Waals surface area (Å²) in [6.45, 7) is 3.74. The number of nitrogens with zero attached hydrogens (tertiary/aromatic N) is 1. The molecule has 0 spiro atoms. The van der Waals surface area contributed by atoms with E-state index in [4.69, 9.17) is 16.7 Å². The Morgan fingerprint density at radius 3 is 2.79 bits per heavy atom. The average Bonchev–Trinajstić information content (AvgIpc) is 2.44. The van der Waals surface area contributed by atoms with E-state index in [0.717, 1.165) is 32.6 Å². The van der Waals surface area contributed by atoms with Gasteiger partial charge in [0.1, 0.15) is 5.82 Å². The molecule has 1 fully saturated rings. The molecule has 0 amide bonds. The lowest BCUT2D eigenvalue weighted by Crippen LogP contribution is -2.45. The Bertz CT molecular complexity index is 410. The lowest BCUT2D eigenvalue weighted by atomic mass is 9.99. The molecule has 1 aliphatic heterocycles. The van der Waals surface area contributed by atoms with E-state index in [2.05, 4.69) is 10.2 Å². The molecule has 1 aliphatic rings. The number of nitrogens with one attached hydrogen (secondary N) is 1. The molecular weight excluding hydrogens is 267 g/mol. The summed E-state index contributed by atoms with van der Waals surface area (Å²) < 4.78 is 14.0. The Balaban J connectivity index is 2.22. The Morgan fingerprint density at radius 2 is 2.11 bits per heavy atom. The summed E-state index contributed by atoms with van der Waals surface area (Å²) in [6, 6.07) is 4.70. The zero-order valence-electron chi connectivity index (χ0n) is 10.9. The Hall–Kier alpha value is -0.680. The van der Waals surface area contributed by atoms with Gasteiger partial charge in [-0.1, -0.05) is 11.6 Å². The van der Waals surface area contributed by atoms with Gasteiger partial charge < -0.3 is 10.4 Å². The van der Waals surface area contributed by atoms with Crippen molar-refractivity contribution < 1.29 is 9.50 Å². The first-order valence-electron chi connectivity index (χ1n) is 6.73. The van der Waals surface area contributed by atoms with Gasteiger partial charge in [-0.25, -0.2) is 4.39 Å². The number of piperazine rings is 1. The predicted octanol–water partition coefficient (Wildman–Crippen LogP) is 2.20. The van der Waals surface area contributed by atoms with Gasteiger partial charge in [0.25, 0.3) is 0 Å². The van der Waals surface area contributed by atoms with Crippen molar-refractivity contribution in [1.29, 1.82) is 0 Å². The topological polar surface area (TPSA) is 35.5 Å². The van der Waals surface area contributed by atoms with E-state index in [1.165, 1.54) is 6.07 Å². The SMILES string of the molecule is OCCC[C@H](c1cc(Cl)ccc1F)N1CCNCC1. The normalized spacial score (nSPS) is 18.5. The van der Waals surface area contributed by atoms with Crippen LogP contribution in [0, 0.1) is 5.82 Å². The maximum absolute atomic E-state index is 14.0. The van der Waals surface area contributed by atoms with Crippen molar-refractivity contribution in [2.75, 3.05) is 32.8 Å². The van der Waals surface area contributed by atoms with Crippen LogP contribution in [0.4, 0.5) is 4.39 Å². The van der Waals surface area contributed by atoms with Crippen molar-refractivity contribution in [3.8, 4) is 0 Å². The van der Waals surface area contributed by atoms with Crippen LogP contribution in [0.1, 0.15) is 24.4 Å². The molecule has 5 heteroatoms. The van der Waals surface area contributed by atoms with E-state index >= 15 is 0 Å². The first-order chi connectivity index (χ1) is 9.22. The Kier molecular flexibility index (Phi) is 5.58. The molecule has 0 aliphatic carbocycles. The van der Waals surface area contributed by atoms with E-state index < -0.39 is 0 Å². The van der Waals surface area contributed by atoms with Gasteiger partial charge in [-0.05, 0) is 31.0 Å². The summed E-state index contributed by atoms with van der Waals surface area (Å²) in [5.74, 6) is -0.217. The molecule has 0 bridgehead atoms. The van der Waals surface area contributed by atoms with Gasteiger partial charge in [0.15, 0.2) is 0 Å². The van der Waals surface area contributed by atoms with Gasteiger partial charge in [0.05, 0.1) is 0 Å². The van der Waals surface area contributed by atoms with Gasteiger partial charge in [-0.3, -0.25) is 4.90 Å². The second-order valence-electron chi connectivity index (χ2n) is 4.83. The van der Waals surface area contributed by atoms with Crippen LogP contribution < -0.4 is 5.32 Å². The van der Waals surface area contributed by atoms with Crippen molar-refractivity contribution >= 4 is 11.6 Å². The lowest BCUT2D eigenvalue weighted by Gasteiger charge is -2.35. The van der Waals surface area contributed by atoms with Crippen LogP contribution in [0.25, 0.3) is 0 Å². The molecule has 2 rings (SSSR count). The van der Waals surface area contributed by atoms with Crippen LogP contribution in [0.3, 0.4) is 0 Å². The third kappa shape index (κ3) is 3.89.